The van der Waals surface area contributed by atoms with Crippen LogP contribution in [0.4, 0.5) is 0 Å². The van der Waals surface area contributed by atoms with E-state index in [4.69, 9.17) is 0 Å². The van der Waals surface area contributed by atoms with E-state index in [1.807, 2.05) is 6.92 Å². The standard InChI is InChI=1S/C9H19NO2S/c1-8(13(11,12)10-2)9-6-4-3-5-7-9/h8-10H,3-7H2,1-2H3. The highest BCUT2D eigenvalue weighted by atomic mass is 32.2. The number of hydrogen-bond acceptors (Lipinski definition) is 2. The minimum atomic E-state index is -3.05. The molecule has 13 heavy (non-hydrogen) atoms. The number of rotatable bonds is 3. The van der Waals surface area contributed by atoms with Crippen LogP contribution in [0.25, 0.3) is 0 Å². The Hall–Kier alpha value is -0.0900. The van der Waals surface area contributed by atoms with Crippen LogP contribution in [0.15, 0.2) is 0 Å². The van der Waals surface area contributed by atoms with Crippen molar-refractivity contribution in [1.82, 2.24) is 4.72 Å². The monoisotopic (exact) mass is 205 g/mol. The predicted molar refractivity (Wildman–Crippen MR) is 54.0 cm³/mol. The van der Waals surface area contributed by atoms with E-state index in [1.54, 1.807) is 0 Å². The summed E-state index contributed by atoms with van der Waals surface area (Å²) < 4.78 is 25.4. The van der Waals surface area contributed by atoms with E-state index in [9.17, 15) is 8.42 Å². The molecule has 3 nitrogen and oxygen atoms in total. The van der Waals surface area contributed by atoms with Crippen LogP contribution in [0.3, 0.4) is 0 Å². The Balaban J connectivity index is 2.60. The lowest BCUT2D eigenvalue weighted by Crippen LogP contribution is -2.35. The van der Waals surface area contributed by atoms with E-state index in [-0.39, 0.29) is 5.25 Å². The molecular weight excluding hydrogens is 186 g/mol. The Morgan fingerprint density at radius 2 is 1.77 bits per heavy atom. The van der Waals surface area contributed by atoms with Crippen molar-refractivity contribution in [2.45, 2.75) is 44.3 Å². The zero-order valence-electron chi connectivity index (χ0n) is 8.41. The Kier molecular flexibility index (Phi) is 3.74. The molecule has 0 aromatic rings. The van der Waals surface area contributed by atoms with Crippen LogP contribution in [0.2, 0.25) is 0 Å². The second-order valence-corrected chi connectivity index (χ2v) is 6.09. The van der Waals surface area contributed by atoms with Gasteiger partial charge < -0.3 is 0 Å². The van der Waals surface area contributed by atoms with Gasteiger partial charge in [0.15, 0.2) is 0 Å². The zero-order valence-corrected chi connectivity index (χ0v) is 9.23. The van der Waals surface area contributed by atoms with E-state index < -0.39 is 10.0 Å². The number of sulfonamides is 1. The molecular formula is C9H19NO2S. The molecule has 1 saturated carbocycles. The molecule has 78 valence electrons. The highest BCUT2D eigenvalue weighted by Crippen LogP contribution is 2.29. The lowest BCUT2D eigenvalue weighted by molar-refractivity contribution is 0.347. The average Bonchev–Trinajstić information content (AvgIpc) is 2.18. The first-order chi connectivity index (χ1) is 6.08. The summed E-state index contributed by atoms with van der Waals surface area (Å²) >= 11 is 0. The Bertz CT molecular complexity index is 242. The Labute approximate surface area is 81.0 Å². The molecule has 0 spiro atoms. The number of hydrogen-bond donors (Lipinski definition) is 1. The summed E-state index contributed by atoms with van der Waals surface area (Å²) in [5.41, 5.74) is 0. The fourth-order valence-corrected chi connectivity index (χ4v) is 3.19. The fourth-order valence-electron chi connectivity index (χ4n) is 2.04. The average molecular weight is 205 g/mol. The summed E-state index contributed by atoms with van der Waals surface area (Å²) in [5, 5.41) is -0.224. The lowest BCUT2D eigenvalue weighted by Gasteiger charge is -2.26. The van der Waals surface area contributed by atoms with Crippen LogP contribution in [0.1, 0.15) is 39.0 Å². The first kappa shape index (κ1) is 11.0. The third-order valence-electron chi connectivity index (χ3n) is 3.09. The molecule has 1 aliphatic carbocycles. The summed E-state index contributed by atoms with van der Waals surface area (Å²) in [5.74, 6) is 0.367. The van der Waals surface area contributed by atoms with Crippen LogP contribution in [-0.4, -0.2) is 20.7 Å². The molecule has 0 saturated heterocycles. The van der Waals surface area contributed by atoms with Crippen molar-refractivity contribution in [3.63, 3.8) is 0 Å². The van der Waals surface area contributed by atoms with Crippen molar-refractivity contribution >= 4 is 10.0 Å². The van der Waals surface area contributed by atoms with Gasteiger partial charge in [0.1, 0.15) is 0 Å². The molecule has 1 fully saturated rings. The summed E-state index contributed by atoms with van der Waals surface area (Å²) in [7, 11) is -1.55. The van der Waals surface area contributed by atoms with Crippen LogP contribution in [0.5, 0.6) is 0 Å². The Morgan fingerprint density at radius 1 is 1.23 bits per heavy atom. The fraction of sp³-hybridized carbons (Fsp3) is 1.00. The third kappa shape index (κ3) is 2.68. The smallest absolute Gasteiger partial charge is 0.214 e. The van der Waals surface area contributed by atoms with Crippen LogP contribution in [-0.2, 0) is 10.0 Å². The highest BCUT2D eigenvalue weighted by molar-refractivity contribution is 7.90. The van der Waals surface area contributed by atoms with E-state index in [2.05, 4.69) is 4.72 Å². The quantitative estimate of drug-likeness (QED) is 0.759. The molecule has 0 aliphatic heterocycles. The third-order valence-corrected chi connectivity index (χ3v) is 5.02. The van der Waals surface area contributed by atoms with Gasteiger partial charge in [0.2, 0.25) is 10.0 Å². The first-order valence-electron chi connectivity index (χ1n) is 5.00. The van der Waals surface area contributed by atoms with Crippen molar-refractivity contribution in [2.24, 2.45) is 5.92 Å². The molecule has 1 unspecified atom stereocenters. The van der Waals surface area contributed by atoms with Gasteiger partial charge in [0, 0.05) is 0 Å². The van der Waals surface area contributed by atoms with E-state index in [1.165, 1.54) is 26.3 Å². The van der Waals surface area contributed by atoms with Crippen molar-refractivity contribution in [1.29, 1.82) is 0 Å². The topological polar surface area (TPSA) is 46.2 Å². The van der Waals surface area contributed by atoms with E-state index >= 15 is 0 Å². The van der Waals surface area contributed by atoms with Crippen LogP contribution >= 0.6 is 0 Å². The summed E-state index contributed by atoms with van der Waals surface area (Å²) in [6, 6.07) is 0. The number of nitrogens with one attached hydrogen (secondary N) is 1. The van der Waals surface area contributed by atoms with E-state index in [0.717, 1.165) is 12.8 Å². The molecule has 0 radical (unpaired) electrons. The molecule has 4 heteroatoms. The normalized spacial score (nSPS) is 22.9. The zero-order chi connectivity index (χ0) is 9.90. The molecule has 0 amide bonds. The molecule has 1 rings (SSSR count). The van der Waals surface area contributed by atoms with Gasteiger partial charge in [0.05, 0.1) is 5.25 Å². The molecule has 1 aliphatic rings. The first-order valence-corrected chi connectivity index (χ1v) is 6.55. The van der Waals surface area contributed by atoms with Gasteiger partial charge in [-0.15, -0.1) is 0 Å². The maximum atomic E-state index is 11.5. The van der Waals surface area contributed by atoms with Crippen molar-refractivity contribution in [3.05, 3.63) is 0 Å². The Morgan fingerprint density at radius 3 is 2.23 bits per heavy atom. The van der Waals surface area contributed by atoms with Crippen molar-refractivity contribution in [2.75, 3.05) is 7.05 Å². The minimum absolute atomic E-state index is 0.224. The molecule has 1 N–H and O–H groups in total. The van der Waals surface area contributed by atoms with Gasteiger partial charge in [-0.2, -0.15) is 0 Å². The molecule has 0 bridgehead atoms. The second-order valence-electron chi connectivity index (χ2n) is 3.85. The second kappa shape index (κ2) is 4.42. The van der Waals surface area contributed by atoms with Crippen LogP contribution in [0, 0.1) is 5.92 Å². The maximum absolute atomic E-state index is 11.5. The SMILES string of the molecule is CNS(=O)(=O)C(C)C1CCCCC1. The van der Waals surface area contributed by atoms with Gasteiger partial charge in [-0.3, -0.25) is 0 Å². The van der Waals surface area contributed by atoms with E-state index in [0.29, 0.717) is 5.92 Å². The maximum Gasteiger partial charge on any atom is 0.214 e. The van der Waals surface area contributed by atoms with Crippen molar-refractivity contribution in [3.8, 4) is 0 Å². The summed E-state index contributed by atoms with van der Waals surface area (Å²) in [6.45, 7) is 1.82. The minimum Gasteiger partial charge on any atom is -0.218 e. The van der Waals surface area contributed by atoms with Gasteiger partial charge in [-0.1, -0.05) is 19.3 Å². The highest BCUT2D eigenvalue weighted by Gasteiger charge is 2.28. The van der Waals surface area contributed by atoms with Gasteiger partial charge in [0.25, 0.3) is 0 Å². The van der Waals surface area contributed by atoms with Gasteiger partial charge in [-0.25, -0.2) is 13.1 Å². The molecule has 1 atom stereocenters. The van der Waals surface area contributed by atoms with Crippen LogP contribution < -0.4 is 4.72 Å². The summed E-state index contributed by atoms with van der Waals surface area (Å²) in [6.07, 6.45) is 5.79. The molecule has 0 heterocycles. The lowest BCUT2D eigenvalue weighted by atomic mass is 9.87. The molecule has 0 aromatic carbocycles. The molecule has 0 aromatic heterocycles. The summed E-state index contributed by atoms with van der Waals surface area (Å²) in [4.78, 5) is 0. The van der Waals surface area contributed by atoms with Gasteiger partial charge in [-0.05, 0) is 32.7 Å². The largest absolute Gasteiger partial charge is 0.218 e. The predicted octanol–water partition coefficient (Wildman–Crippen LogP) is 1.50. The van der Waals surface area contributed by atoms with Gasteiger partial charge >= 0.3 is 0 Å². The van der Waals surface area contributed by atoms with Crippen molar-refractivity contribution < 1.29 is 8.42 Å².